The number of rotatable bonds is 7. The molecule has 1 aliphatic heterocycles. The molecule has 2 aliphatic rings. The molecule has 0 bridgehead atoms. The smallest absolute Gasteiger partial charge is 0.225 e. The molecule has 7 nitrogen and oxygen atoms in total. The number of carbonyl (C=O) groups is 2. The number of nitrogens with zero attached hydrogens (tertiary/aromatic N) is 2. The van der Waals surface area contributed by atoms with Crippen LogP contribution in [0.4, 0.5) is 0 Å². The minimum Gasteiger partial charge on any atom is -0.356 e. The molecule has 1 unspecified atom stereocenters. The number of carbonyl (C=O) groups excluding carboxylic acids is 2. The first kappa shape index (κ1) is 24.4. The highest BCUT2D eigenvalue weighted by Crippen LogP contribution is 2.27. The summed E-state index contributed by atoms with van der Waals surface area (Å²) in [4.78, 5) is 30.8. The summed E-state index contributed by atoms with van der Waals surface area (Å²) in [6, 6.07) is 10.1. The topological polar surface area (TPSA) is 85.8 Å². The van der Waals surface area contributed by atoms with Crippen molar-refractivity contribution in [1.82, 2.24) is 20.9 Å². The summed E-state index contributed by atoms with van der Waals surface area (Å²) in [6.45, 7) is 2.59. The summed E-state index contributed by atoms with van der Waals surface area (Å²) >= 11 is 0. The lowest BCUT2D eigenvalue weighted by Crippen LogP contribution is -2.46. The summed E-state index contributed by atoms with van der Waals surface area (Å²) in [5.41, 5.74) is 1.09. The normalized spacial score (nSPS) is 19.3. The van der Waals surface area contributed by atoms with Crippen LogP contribution in [0.5, 0.6) is 0 Å². The van der Waals surface area contributed by atoms with Gasteiger partial charge in [0.2, 0.25) is 11.8 Å². The first-order valence-corrected chi connectivity index (χ1v) is 10.7. The molecule has 1 aromatic carbocycles. The van der Waals surface area contributed by atoms with Crippen LogP contribution in [0, 0.1) is 5.92 Å². The van der Waals surface area contributed by atoms with Gasteiger partial charge in [0.15, 0.2) is 5.96 Å². The second-order valence-electron chi connectivity index (χ2n) is 7.91. The van der Waals surface area contributed by atoms with Gasteiger partial charge in [0.1, 0.15) is 0 Å². The fourth-order valence-corrected chi connectivity index (χ4v) is 4.08. The second kappa shape index (κ2) is 12.8. The van der Waals surface area contributed by atoms with Crippen molar-refractivity contribution in [1.29, 1.82) is 0 Å². The Balaban J connectivity index is 0.00000320. The highest BCUT2D eigenvalue weighted by atomic mass is 127. The van der Waals surface area contributed by atoms with Gasteiger partial charge in [-0.1, -0.05) is 43.2 Å². The van der Waals surface area contributed by atoms with E-state index in [1.807, 2.05) is 35.2 Å². The molecule has 30 heavy (non-hydrogen) atoms. The Morgan fingerprint density at radius 1 is 1.10 bits per heavy atom. The van der Waals surface area contributed by atoms with Crippen LogP contribution in [0.2, 0.25) is 0 Å². The summed E-state index contributed by atoms with van der Waals surface area (Å²) in [5, 5.41) is 9.51. The monoisotopic (exact) mass is 527 g/mol. The number of benzene rings is 1. The van der Waals surface area contributed by atoms with Gasteiger partial charge in [0.05, 0.1) is 0 Å². The molecule has 3 N–H and O–H groups in total. The molecule has 1 aliphatic carbocycles. The van der Waals surface area contributed by atoms with Gasteiger partial charge in [-0.15, -0.1) is 24.0 Å². The van der Waals surface area contributed by atoms with Crippen molar-refractivity contribution < 1.29 is 9.59 Å². The maximum Gasteiger partial charge on any atom is 0.225 e. The van der Waals surface area contributed by atoms with E-state index in [2.05, 4.69) is 20.9 Å². The minimum atomic E-state index is 0. The second-order valence-corrected chi connectivity index (χ2v) is 7.91. The average Bonchev–Trinajstić information content (AvgIpc) is 3.44. The molecule has 1 saturated heterocycles. The van der Waals surface area contributed by atoms with Gasteiger partial charge in [0, 0.05) is 51.6 Å². The molecular weight excluding hydrogens is 493 g/mol. The zero-order chi connectivity index (χ0) is 20.5. The Bertz CT molecular complexity index is 707. The number of amides is 2. The van der Waals surface area contributed by atoms with Crippen molar-refractivity contribution in [2.45, 2.75) is 51.1 Å². The van der Waals surface area contributed by atoms with E-state index in [0.29, 0.717) is 31.4 Å². The molecule has 8 heteroatoms. The van der Waals surface area contributed by atoms with Crippen LogP contribution in [0.3, 0.4) is 0 Å². The number of nitrogens with one attached hydrogen (secondary N) is 3. The standard InChI is InChI=1S/C22H33N5O2.HI/c1-23-22(24-13-11-20(28)25-15-17-7-3-2-4-8-17)26-19-12-14-27(16-19)21(29)18-9-5-6-10-18;/h2-4,7-8,18-19H,5-6,9-16H2,1H3,(H,25,28)(H2,23,24,26);1H. The van der Waals surface area contributed by atoms with Crippen LogP contribution >= 0.6 is 24.0 Å². The van der Waals surface area contributed by atoms with E-state index in [4.69, 9.17) is 0 Å². The van der Waals surface area contributed by atoms with E-state index in [1.165, 1.54) is 12.8 Å². The third kappa shape index (κ3) is 7.45. The average molecular weight is 527 g/mol. The predicted octanol–water partition coefficient (Wildman–Crippen LogP) is 2.27. The van der Waals surface area contributed by atoms with Crippen LogP contribution < -0.4 is 16.0 Å². The first-order chi connectivity index (χ1) is 14.2. The van der Waals surface area contributed by atoms with Gasteiger partial charge >= 0.3 is 0 Å². The Kier molecular flexibility index (Phi) is 10.4. The van der Waals surface area contributed by atoms with Gasteiger partial charge in [-0.2, -0.15) is 0 Å². The molecule has 1 heterocycles. The van der Waals surface area contributed by atoms with E-state index in [-0.39, 0.29) is 41.8 Å². The summed E-state index contributed by atoms with van der Waals surface area (Å²) < 4.78 is 0. The highest BCUT2D eigenvalue weighted by Gasteiger charge is 2.32. The number of halogens is 1. The lowest BCUT2D eigenvalue weighted by Gasteiger charge is -2.21. The van der Waals surface area contributed by atoms with Crippen molar-refractivity contribution in [2.24, 2.45) is 10.9 Å². The Hall–Kier alpha value is -1.84. The van der Waals surface area contributed by atoms with E-state index >= 15 is 0 Å². The van der Waals surface area contributed by atoms with Crippen molar-refractivity contribution in [2.75, 3.05) is 26.7 Å². The molecule has 2 amide bonds. The van der Waals surface area contributed by atoms with Crippen molar-refractivity contribution >= 4 is 41.8 Å². The maximum atomic E-state index is 12.6. The van der Waals surface area contributed by atoms with Gasteiger partial charge in [-0.05, 0) is 24.8 Å². The van der Waals surface area contributed by atoms with Crippen LogP contribution in [-0.4, -0.2) is 55.4 Å². The number of hydrogen-bond donors (Lipinski definition) is 3. The van der Waals surface area contributed by atoms with Crippen LogP contribution in [0.25, 0.3) is 0 Å². The van der Waals surface area contributed by atoms with Crippen LogP contribution in [0.15, 0.2) is 35.3 Å². The van der Waals surface area contributed by atoms with E-state index < -0.39 is 0 Å². The zero-order valence-corrected chi connectivity index (χ0v) is 20.1. The molecule has 2 fully saturated rings. The molecule has 0 radical (unpaired) electrons. The highest BCUT2D eigenvalue weighted by molar-refractivity contribution is 14.0. The van der Waals surface area contributed by atoms with E-state index in [1.54, 1.807) is 7.05 Å². The molecule has 166 valence electrons. The van der Waals surface area contributed by atoms with E-state index in [9.17, 15) is 9.59 Å². The number of guanidine groups is 1. The molecular formula is C22H34IN5O2. The third-order valence-corrected chi connectivity index (χ3v) is 5.75. The number of likely N-dealkylation sites (tertiary alicyclic amines) is 1. The molecule has 1 atom stereocenters. The molecule has 1 saturated carbocycles. The summed E-state index contributed by atoms with van der Waals surface area (Å²) in [5.74, 6) is 1.25. The lowest BCUT2D eigenvalue weighted by atomic mass is 10.1. The van der Waals surface area contributed by atoms with Crippen LogP contribution in [0.1, 0.15) is 44.1 Å². The van der Waals surface area contributed by atoms with Gasteiger partial charge in [-0.3, -0.25) is 14.6 Å². The Morgan fingerprint density at radius 2 is 1.83 bits per heavy atom. The SMILES string of the molecule is CN=C(NCCC(=O)NCc1ccccc1)NC1CCN(C(=O)C2CCCC2)C1.I. The fraction of sp³-hybridized carbons (Fsp3) is 0.591. The summed E-state index contributed by atoms with van der Waals surface area (Å²) in [7, 11) is 1.72. The van der Waals surface area contributed by atoms with Crippen molar-refractivity contribution in [3.8, 4) is 0 Å². The molecule has 0 spiro atoms. The lowest BCUT2D eigenvalue weighted by molar-refractivity contribution is -0.134. The maximum absolute atomic E-state index is 12.6. The fourth-order valence-electron chi connectivity index (χ4n) is 4.08. The largest absolute Gasteiger partial charge is 0.356 e. The predicted molar refractivity (Wildman–Crippen MR) is 130 cm³/mol. The zero-order valence-electron chi connectivity index (χ0n) is 17.7. The van der Waals surface area contributed by atoms with E-state index in [0.717, 1.165) is 37.9 Å². The molecule has 1 aromatic rings. The van der Waals surface area contributed by atoms with Crippen molar-refractivity contribution in [3.63, 3.8) is 0 Å². The van der Waals surface area contributed by atoms with Gasteiger partial charge < -0.3 is 20.9 Å². The third-order valence-electron chi connectivity index (χ3n) is 5.75. The first-order valence-electron chi connectivity index (χ1n) is 10.7. The van der Waals surface area contributed by atoms with Gasteiger partial charge in [0.25, 0.3) is 0 Å². The minimum absolute atomic E-state index is 0. The van der Waals surface area contributed by atoms with Gasteiger partial charge in [-0.25, -0.2) is 0 Å². The van der Waals surface area contributed by atoms with Crippen molar-refractivity contribution in [3.05, 3.63) is 35.9 Å². The molecule has 0 aromatic heterocycles. The Labute approximate surface area is 196 Å². The van der Waals surface area contributed by atoms with Crippen LogP contribution in [-0.2, 0) is 16.1 Å². The summed E-state index contributed by atoms with van der Waals surface area (Å²) in [6.07, 6.45) is 5.76. The Morgan fingerprint density at radius 3 is 2.53 bits per heavy atom. The number of hydrogen-bond acceptors (Lipinski definition) is 3. The molecule has 3 rings (SSSR count). The quantitative estimate of drug-likeness (QED) is 0.289. The number of aliphatic imine (C=N–C) groups is 1.